The lowest BCUT2D eigenvalue weighted by Crippen LogP contribution is -2.03. The third-order valence-electron chi connectivity index (χ3n) is 5.01. The average molecular weight is 311 g/mol. The van der Waals surface area contributed by atoms with Gasteiger partial charge in [-0.3, -0.25) is 4.79 Å². The smallest absolute Gasteiger partial charge is 0.305 e. The molecule has 0 spiro atoms. The number of rotatable bonds is 15. The molecule has 2 atom stereocenters. The van der Waals surface area contributed by atoms with E-state index in [0.29, 0.717) is 13.0 Å². The molecule has 0 N–H and O–H groups in total. The molecule has 1 aliphatic rings. The summed E-state index contributed by atoms with van der Waals surface area (Å²) in [6.45, 7) is 4.67. The van der Waals surface area contributed by atoms with Crippen LogP contribution in [0.15, 0.2) is 0 Å². The molecular formula is C20H38O2. The third kappa shape index (κ3) is 10.2. The average Bonchev–Trinajstić information content (AvgIpc) is 3.25. The van der Waals surface area contributed by atoms with Gasteiger partial charge >= 0.3 is 5.97 Å². The molecule has 0 aliphatic heterocycles. The van der Waals surface area contributed by atoms with Crippen molar-refractivity contribution >= 4 is 5.97 Å². The molecule has 0 bridgehead atoms. The van der Waals surface area contributed by atoms with E-state index in [1.807, 2.05) is 6.92 Å². The van der Waals surface area contributed by atoms with E-state index in [0.717, 1.165) is 18.3 Å². The van der Waals surface area contributed by atoms with Gasteiger partial charge in [-0.15, -0.1) is 0 Å². The van der Waals surface area contributed by atoms with Crippen molar-refractivity contribution in [2.75, 3.05) is 6.61 Å². The fraction of sp³-hybridized carbons (Fsp3) is 0.950. The van der Waals surface area contributed by atoms with Gasteiger partial charge in [-0.05, 0) is 31.6 Å². The summed E-state index contributed by atoms with van der Waals surface area (Å²) in [7, 11) is 0. The topological polar surface area (TPSA) is 26.3 Å². The Morgan fingerprint density at radius 3 is 1.95 bits per heavy atom. The maximum Gasteiger partial charge on any atom is 0.305 e. The highest BCUT2D eigenvalue weighted by Crippen LogP contribution is 2.45. The van der Waals surface area contributed by atoms with Gasteiger partial charge in [0.15, 0.2) is 0 Å². The fourth-order valence-electron chi connectivity index (χ4n) is 3.47. The standard InChI is InChI=1S/C20H38O2/c1-3-5-6-7-8-9-10-11-14-18-17-19(18)15-12-13-16-20(21)22-4-2/h18-19H,3-17H2,1-2H3. The Morgan fingerprint density at radius 2 is 1.36 bits per heavy atom. The summed E-state index contributed by atoms with van der Waals surface area (Å²) < 4.78 is 4.95. The van der Waals surface area contributed by atoms with Crippen molar-refractivity contribution in [1.82, 2.24) is 0 Å². The summed E-state index contributed by atoms with van der Waals surface area (Å²) in [6, 6.07) is 0. The Labute approximate surface area is 138 Å². The first-order chi connectivity index (χ1) is 10.8. The first kappa shape index (κ1) is 19.5. The van der Waals surface area contributed by atoms with Gasteiger partial charge in [0.2, 0.25) is 0 Å². The highest BCUT2D eigenvalue weighted by molar-refractivity contribution is 5.69. The number of carbonyl (C=O) groups excluding carboxylic acids is 1. The van der Waals surface area contributed by atoms with E-state index in [9.17, 15) is 4.79 Å². The van der Waals surface area contributed by atoms with Crippen LogP contribution >= 0.6 is 0 Å². The lowest BCUT2D eigenvalue weighted by atomic mass is 10.0. The van der Waals surface area contributed by atoms with Crippen molar-refractivity contribution in [2.24, 2.45) is 11.8 Å². The minimum atomic E-state index is -0.0196. The molecule has 0 amide bonds. The number of unbranched alkanes of at least 4 members (excludes halogenated alkanes) is 8. The Kier molecular flexibility index (Phi) is 11.5. The molecule has 0 heterocycles. The molecular weight excluding hydrogens is 272 g/mol. The van der Waals surface area contributed by atoms with Crippen LogP contribution in [0.1, 0.15) is 104 Å². The van der Waals surface area contributed by atoms with Crippen LogP contribution in [0.4, 0.5) is 0 Å². The second-order valence-electron chi connectivity index (χ2n) is 7.07. The van der Waals surface area contributed by atoms with E-state index in [1.54, 1.807) is 0 Å². The van der Waals surface area contributed by atoms with Crippen molar-refractivity contribution in [1.29, 1.82) is 0 Å². The molecule has 2 unspecified atom stereocenters. The van der Waals surface area contributed by atoms with Crippen LogP contribution in [0.25, 0.3) is 0 Å². The van der Waals surface area contributed by atoms with Crippen molar-refractivity contribution in [3.63, 3.8) is 0 Å². The Morgan fingerprint density at radius 1 is 0.818 bits per heavy atom. The molecule has 0 aromatic carbocycles. The van der Waals surface area contributed by atoms with E-state index < -0.39 is 0 Å². The van der Waals surface area contributed by atoms with Crippen LogP contribution in [-0.2, 0) is 9.53 Å². The quantitative estimate of drug-likeness (QED) is 0.263. The summed E-state index contributed by atoms with van der Waals surface area (Å²) in [6.07, 6.45) is 18.5. The Balaban J connectivity index is 1.80. The first-order valence-corrected chi connectivity index (χ1v) is 9.93. The van der Waals surface area contributed by atoms with E-state index >= 15 is 0 Å². The maximum absolute atomic E-state index is 11.2. The summed E-state index contributed by atoms with van der Waals surface area (Å²) in [4.78, 5) is 11.2. The van der Waals surface area contributed by atoms with Crippen molar-refractivity contribution < 1.29 is 9.53 Å². The second-order valence-corrected chi connectivity index (χ2v) is 7.07. The van der Waals surface area contributed by atoms with Gasteiger partial charge in [-0.1, -0.05) is 77.6 Å². The number of hydrogen-bond donors (Lipinski definition) is 0. The molecule has 130 valence electrons. The number of hydrogen-bond acceptors (Lipinski definition) is 2. The van der Waals surface area contributed by atoms with Crippen LogP contribution in [-0.4, -0.2) is 12.6 Å². The molecule has 1 rings (SSSR count). The summed E-state index contributed by atoms with van der Waals surface area (Å²) in [5.41, 5.74) is 0. The summed E-state index contributed by atoms with van der Waals surface area (Å²) >= 11 is 0. The van der Waals surface area contributed by atoms with Crippen LogP contribution in [0, 0.1) is 11.8 Å². The molecule has 1 fully saturated rings. The highest BCUT2D eigenvalue weighted by Gasteiger charge is 2.35. The van der Waals surface area contributed by atoms with Crippen molar-refractivity contribution in [3.8, 4) is 0 Å². The van der Waals surface area contributed by atoms with Gasteiger partial charge in [0.25, 0.3) is 0 Å². The van der Waals surface area contributed by atoms with Gasteiger partial charge in [0.05, 0.1) is 6.61 Å². The second kappa shape index (κ2) is 13.0. The SMILES string of the molecule is CCCCCCCCCCC1CC1CCCCC(=O)OCC. The fourth-order valence-corrected chi connectivity index (χ4v) is 3.47. The molecule has 1 aliphatic carbocycles. The zero-order valence-corrected chi connectivity index (χ0v) is 15.1. The molecule has 0 aromatic rings. The first-order valence-electron chi connectivity index (χ1n) is 9.93. The lowest BCUT2D eigenvalue weighted by Gasteiger charge is -2.03. The number of ether oxygens (including phenoxy) is 1. The van der Waals surface area contributed by atoms with Gasteiger partial charge in [0, 0.05) is 6.42 Å². The van der Waals surface area contributed by atoms with Crippen molar-refractivity contribution in [3.05, 3.63) is 0 Å². The summed E-state index contributed by atoms with van der Waals surface area (Å²) in [5.74, 6) is 1.98. The maximum atomic E-state index is 11.2. The molecule has 1 saturated carbocycles. The van der Waals surface area contributed by atoms with E-state index in [4.69, 9.17) is 4.74 Å². The van der Waals surface area contributed by atoms with Crippen molar-refractivity contribution in [2.45, 2.75) is 104 Å². The monoisotopic (exact) mass is 310 g/mol. The third-order valence-corrected chi connectivity index (χ3v) is 5.01. The highest BCUT2D eigenvalue weighted by atomic mass is 16.5. The van der Waals surface area contributed by atoms with Crippen LogP contribution in [0.5, 0.6) is 0 Å². The number of esters is 1. The molecule has 0 saturated heterocycles. The predicted molar refractivity (Wildman–Crippen MR) is 93.9 cm³/mol. The number of carbonyl (C=O) groups is 1. The zero-order chi connectivity index (χ0) is 16.0. The minimum absolute atomic E-state index is 0.0196. The van der Waals surface area contributed by atoms with Gasteiger partial charge in [-0.2, -0.15) is 0 Å². The van der Waals surface area contributed by atoms with Gasteiger partial charge < -0.3 is 4.74 Å². The molecule has 2 nitrogen and oxygen atoms in total. The zero-order valence-electron chi connectivity index (χ0n) is 15.1. The molecule has 2 heteroatoms. The van der Waals surface area contributed by atoms with Crippen LogP contribution in [0.2, 0.25) is 0 Å². The predicted octanol–water partition coefficient (Wildman–Crippen LogP) is 6.28. The normalized spacial score (nSPS) is 20.1. The van der Waals surface area contributed by atoms with Gasteiger partial charge in [0.1, 0.15) is 0 Å². The van der Waals surface area contributed by atoms with E-state index in [-0.39, 0.29) is 5.97 Å². The lowest BCUT2D eigenvalue weighted by molar-refractivity contribution is -0.143. The molecule has 0 aromatic heterocycles. The summed E-state index contributed by atoms with van der Waals surface area (Å²) in [5, 5.41) is 0. The van der Waals surface area contributed by atoms with E-state index in [2.05, 4.69) is 6.92 Å². The minimum Gasteiger partial charge on any atom is -0.466 e. The Hall–Kier alpha value is -0.530. The van der Waals surface area contributed by atoms with E-state index in [1.165, 1.54) is 77.0 Å². The molecule has 22 heavy (non-hydrogen) atoms. The van der Waals surface area contributed by atoms with Crippen LogP contribution in [0.3, 0.4) is 0 Å². The van der Waals surface area contributed by atoms with Crippen LogP contribution < -0.4 is 0 Å². The largest absolute Gasteiger partial charge is 0.466 e. The van der Waals surface area contributed by atoms with Gasteiger partial charge in [-0.25, -0.2) is 0 Å². The molecule has 0 radical (unpaired) electrons. The Bertz CT molecular complexity index is 275.